The van der Waals surface area contributed by atoms with Gasteiger partial charge in [-0.05, 0) is 84.1 Å². The van der Waals surface area contributed by atoms with Crippen molar-refractivity contribution in [1.82, 2.24) is 4.57 Å². The van der Waals surface area contributed by atoms with E-state index in [1.807, 2.05) is 36.4 Å². The minimum absolute atomic E-state index is 0.196. The van der Waals surface area contributed by atoms with E-state index in [-0.39, 0.29) is 12.2 Å². The van der Waals surface area contributed by atoms with E-state index in [0.717, 1.165) is 28.7 Å². The smallest absolute Gasteiger partial charge is 0.338 e. The molecule has 1 fully saturated rings. The maximum absolute atomic E-state index is 13.8. The first-order valence-electron chi connectivity index (χ1n) is 12.3. The molecule has 3 heterocycles. The molecule has 0 radical (unpaired) electrons. The van der Waals surface area contributed by atoms with E-state index < -0.39 is 12.0 Å². The molecule has 0 saturated carbocycles. The molecular weight excluding hydrogens is 554 g/mol. The Morgan fingerprint density at radius 1 is 1.19 bits per heavy atom. The summed E-state index contributed by atoms with van der Waals surface area (Å²) in [5.74, 6) is 0.180. The number of halogens is 1. The second-order valence-corrected chi connectivity index (χ2v) is 10.8. The van der Waals surface area contributed by atoms with Crippen LogP contribution in [0.25, 0.3) is 6.08 Å². The van der Waals surface area contributed by atoms with Gasteiger partial charge < -0.3 is 14.4 Å². The number of ether oxygens (including phenoxy) is 2. The SMILES string of the molecule is CCOC(=O)C1=C(C)N=c2sc(=Cc3ccc(N4CCCC4)cc3)c(=O)n2C1c1ccc(OC)c(Br)c1. The summed E-state index contributed by atoms with van der Waals surface area (Å²) in [5.41, 5.74) is 3.60. The number of anilines is 1. The molecule has 3 aromatic rings. The number of nitrogens with zero attached hydrogens (tertiary/aromatic N) is 3. The Morgan fingerprint density at radius 3 is 2.57 bits per heavy atom. The first kappa shape index (κ1) is 25.5. The molecule has 1 saturated heterocycles. The van der Waals surface area contributed by atoms with Crippen molar-refractivity contribution in [2.24, 2.45) is 4.99 Å². The first-order chi connectivity index (χ1) is 17.9. The number of aromatic nitrogens is 1. The van der Waals surface area contributed by atoms with Crippen LogP contribution >= 0.6 is 27.3 Å². The molecule has 1 unspecified atom stereocenters. The van der Waals surface area contributed by atoms with Gasteiger partial charge in [0.05, 0.1) is 40.0 Å². The van der Waals surface area contributed by atoms with Crippen LogP contribution in [-0.2, 0) is 9.53 Å². The van der Waals surface area contributed by atoms with Crippen LogP contribution < -0.4 is 24.5 Å². The quantitative estimate of drug-likeness (QED) is 0.408. The van der Waals surface area contributed by atoms with Crippen LogP contribution in [0.15, 0.2) is 68.0 Å². The van der Waals surface area contributed by atoms with Gasteiger partial charge in [-0.1, -0.05) is 29.5 Å². The highest BCUT2D eigenvalue weighted by atomic mass is 79.9. The molecule has 5 rings (SSSR count). The number of thiazole rings is 1. The number of hydrogen-bond acceptors (Lipinski definition) is 7. The van der Waals surface area contributed by atoms with Crippen LogP contribution in [-0.4, -0.2) is 37.3 Å². The topological polar surface area (TPSA) is 73.1 Å². The van der Waals surface area contributed by atoms with Gasteiger partial charge in [0.2, 0.25) is 0 Å². The van der Waals surface area contributed by atoms with E-state index >= 15 is 0 Å². The van der Waals surface area contributed by atoms with Crippen LogP contribution in [0.5, 0.6) is 5.75 Å². The third-order valence-corrected chi connectivity index (χ3v) is 8.27. The second kappa shape index (κ2) is 10.7. The van der Waals surface area contributed by atoms with Gasteiger partial charge in [0.15, 0.2) is 4.80 Å². The highest BCUT2D eigenvalue weighted by molar-refractivity contribution is 9.10. The number of hydrogen-bond donors (Lipinski definition) is 0. The van der Waals surface area contributed by atoms with Crippen LogP contribution in [0.4, 0.5) is 5.69 Å². The van der Waals surface area contributed by atoms with Gasteiger partial charge in [0.1, 0.15) is 5.75 Å². The van der Waals surface area contributed by atoms with Crippen molar-refractivity contribution in [2.45, 2.75) is 32.7 Å². The van der Waals surface area contributed by atoms with Crippen molar-refractivity contribution in [2.75, 3.05) is 31.7 Å². The molecule has 0 aliphatic carbocycles. The molecule has 0 N–H and O–H groups in total. The Labute approximate surface area is 227 Å². The predicted molar refractivity (Wildman–Crippen MR) is 149 cm³/mol. The Morgan fingerprint density at radius 2 is 1.92 bits per heavy atom. The van der Waals surface area contributed by atoms with E-state index in [9.17, 15) is 9.59 Å². The van der Waals surface area contributed by atoms with Gasteiger partial charge in [0.25, 0.3) is 5.56 Å². The lowest BCUT2D eigenvalue weighted by Gasteiger charge is -2.25. The van der Waals surface area contributed by atoms with Crippen LogP contribution in [0.1, 0.15) is 43.9 Å². The molecule has 2 aliphatic heterocycles. The fourth-order valence-electron chi connectivity index (χ4n) is 4.87. The molecule has 37 heavy (non-hydrogen) atoms. The number of rotatable bonds is 6. The average Bonchev–Trinajstić information content (AvgIpc) is 3.52. The molecule has 0 spiro atoms. The molecule has 0 bridgehead atoms. The van der Waals surface area contributed by atoms with Gasteiger partial charge in [-0.15, -0.1) is 0 Å². The lowest BCUT2D eigenvalue weighted by molar-refractivity contribution is -0.139. The lowest BCUT2D eigenvalue weighted by Crippen LogP contribution is -2.39. The average molecular weight is 583 g/mol. The highest BCUT2D eigenvalue weighted by Crippen LogP contribution is 2.35. The summed E-state index contributed by atoms with van der Waals surface area (Å²) in [5, 5.41) is 0. The number of carbonyl (C=O) groups excluding carboxylic acids is 1. The van der Waals surface area contributed by atoms with Gasteiger partial charge in [0, 0.05) is 18.8 Å². The third kappa shape index (κ3) is 4.90. The fourth-order valence-corrected chi connectivity index (χ4v) is 6.47. The third-order valence-electron chi connectivity index (χ3n) is 6.67. The normalized spacial score (nSPS) is 17.6. The summed E-state index contributed by atoms with van der Waals surface area (Å²) >= 11 is 4.86. The summed E-state index contributed by atoms with van der Waals surface area (Å²) in [4.78, 5) is 34.4. The molecule has 7 nitrogen and oxygen atoms in total. The standard InChI is InChI=1S/C28H28BrN3O4S/c1-4-36-27(34)24-17(2)30-28-32(25(24)19-9-12-22(35-3)21(29)16-19)26(33)23(37-28)15-18-7-10-20(11-8-18)31-13-5-6-14-31/h7-12,15-16,25H,4-6,13-14H2,1-3H3. The monoisotopic (exact) mass is 581 g/mol. The zero-order chi connectivity index (χ0) is 26.1. The molecule has 1 atom stereocenters. The molecule has 9 heteroatoms. The number of carbonyl (C=O) groups is 1. The number of fused-ring (bicyclic) bond motifs is 1. The molecule has 2 aliphatic rings. The van der Waals surface area contributed by atoms with E-state index in [1.165, 1.54) is 29.9 Å². The van der Waals surface area contributed by atoms with E-state index in [0.29, 0.717) is 26.4 Å². The maximum Gasteiger partial charge on any atom is 0.338 e. The Bertz CT molecular complexity index is 1550. The first-order valence-corrected chi connectivity index (χ1v) is 13.9. The number of benzene rings is 2. The summed E-state index contributed by atoms with van der Waals surface area (Å²) < 4.78 is 13.6. The minimum atomic E-state index is -0.669. The lowest BCUT2D eigenvalue weighted by atomic mass is 9.96. The largest absolute Gasteiger partial charge is 0.496 e. The van der Waals surface area contributed by atoms with E-state index in [2.05, 4.69) is 38.0 Å². The number of methoxy groups -OCH3 is 1. The molecule has 2 aromatic carbocycles. The number of esters is 1. The van der Waals surface area contributed by atoms with Gasteiger partial charge in [-0.3, -0.25) is 9.36 Å². The van der Waals surface area contributed by atoms with E-state index in [4.69, 9.17) is 9.47 Å². The Hall–Kier alpha value is -3.17. The van der Waals surface area contributed by atoms with Crippen molar-refractivity contribution >= 4 is 45.0 Å². The molecule has 0 amide bonds. The molecule has 1 aromatic heterocycles. The van der Waals surface area contributed by atoms with Crippen LogP contribution in [0.2, 0.25) is 0 Å². The van der Waals surface area contributed by atoms with Crippen LogP contribution in [0, 0.1) is 0 Å². The fraction of sp³-hybridized carbons (Fsp3) is 0.321. The summed E-state index contributed by atoms with van der Waals surface area (Å²) in [6.07, 6.45) is 4.34. The summed E-state index contributed by atoms with van der Waals surface area (Å²) in [6.45, 7) is 5.94. The van der Waals surface area contributed by atoms with E-state index in [1.54, 1.807) is 25.5 Å². The van der Waals surface area contributed by atoms with Crippen LogP contribution in [0.3, 0.4) is 0 Å². The van der Waals surface area contributed by atoms with Crippen molar-refractivity contribution in [3.05, 3.63) is 89.0 Å². The maximum atomic E-state index is 13.8. The molecular formula is C28H28BrN3O4S. The second-order valence-electron chi connectivity index (χ2n) is 8.98. The van der Waals surface area contributed by atoms with Gasteiger partial charge in [-0.25, -0.2) is 9.79 Å². The Kier molecular flexibility index (Phi) is 7.35. The van der Waals surface area contributed by atoms with Crippen molar-refractivity contribution < 1.29 is 14.3 Å². The highest BCUT2D eigenvalue weighted by Gasteiger charge is 2.33. The Balaban J connectivity index is 1.62. The van der Waals surface area contributed by atoms with Gasteiger partial charge >= 0.3 is 5.97 Å². The predicted octanol–water partition coefficient (Wildman–Crippen LogP) is 4.17. The van der Waals surface area contributed by atoms with Crippen molar-refractivity contribution in [1.29, 1.82) is 0 Å². The van der Waals surface area contributed by atoms with Crippen molar-refractivity contribution in [3.63, 3.8) is 0 Å². The van der Waals surface area contributed by atoms with Crippen molar-refractivity contribution in [3.8, 4) is 5.75 Å². The van der Waals surface area contributed by atoms with Gasteiger partial charge in [-0.2, -0.15) is 0 Å². The molecule has 192 valence electrons. The number of allylic oxidation sites excluding steroid dienone is 1. The summed E-state index contributed by atoms with van der Waals surface area (Å²) in [7, 11) is 1.59. The zero-order valence-corrected chi connectivity index (χ0v) is 23.4. The zero-order valence-electron chi connectivity index (χ0n) is 21.0. The summed E-state index contributed by atoms with van der Waals surface area (Å²) in [6, 6.07) is 13.2. The minimum Gasteiger partial charge on any atom is -0.496 e.